The topological polar surface area (TPSA) is 85.1 Å². The van der Waals surface area contributed by atoms with Crippen molar-refractivity contribution in [1.29, 1.82) is 0 Å². The van der Waals surface area contributed by atoms with E-state index in [-0.39, 0.29) is 30.3 Å². The normalized spacial score (nSPS) is 13.4. The molecule has 0 bridgehead atoms. The first-order valence-electron chi connectivity index (χ1n) is 14.2. The molecule has 4 rings (SSSR count). The molecule has 1 atom stereocenters. The summed E-state index contributed by atoms with van der Waals surface area (Å²) in [5.41, 5.74) is 10.2. The summed E-state index contributed by atoms with van der Waals surface area (Å²) < 4.78 is 11.5. The second-order valence-corrected chi connectivity index (χ2v) is 11.7. The lowest BCUT2D eigenvalue weighted by Crippen LogP contribution is -2.41. The first-order chi connectivity index (χ1) is 20.1. The zero-order valence-electron chi connectivity index (χ0n) is 24.4. The molecule has 1 unspecified atom stereocenters. The molecule has 0 aliphatic heterocycles. The summed E-state index contributed by atoms with van der Waals surface area (Å²) in [4.78, 5) is 29.0. The van der Waals surface area contributed by atoms with Gasteiger partial charge < -0.3 is 25.0 Å². The highest BCUT2D eigenvalue weighted by Gasteiger charge is 2.35. The highest BCUT2D eigenvalue weighted by atomic mass is 35.5. The number of ether oxygens (including phenoxy) is 2. The van der Waals surface area contributed by atoms with Crippen LogP contribution in [0.25, 0.3) is 0 Å². The fourth-order valence-electron chi connectivity index (χ4n) is 4.82. The molecule has 1 aliphatic rings. The largest absolute Gasteiger partial charge is 0.490 e. The molecule has 0 heterocycles. The average molecular weight is 613 g/mol. The van der Waals surface area contributed by atoms with E-state index in [9.17, 15) is 9.59 Å². The second kappa shape index (κ2) is 14.8. The predicted molar refractivity (Wildman–Crippen MR) is 167 cm³/mol. The van der Waals surface area contributed by atoms with Crippen LogP contribution in [0.15, 0.2) is 60.7 Å². The molecule has 0 spiro atoms. The highest BCUT2D eigenvalue weighted by molar-refractivity contribution is 6.37. The van der Waals surface area contributed by atoms with Gasteiger partial charge in [0, 0.05) is 39.6 Å². The van der Waals surface area contributed by atoms with Gasteiger partial charge in [-0.05, 0) is 72.7 Å². The Hall–Kier alpha value is -3.26. The molecule has 9 heteroatoms. The molecule has 1 saturated carbocycles. The molecule has 1 fully saturated rings. The van der Waals surface area contributed by atoms with Crippen LogP contribution in [0.5, 0.6) is 11.5 Å². The number of hydrogen-bond donors (Lipinski definition) is 1. The van der Waals surface area contributed by atoms with Crippen molar-refractivity contribution in [3.05, 3.63) is 93.0 Å². The molecular formula is C33H39Cl2N3O4. The van der Waals surface area contributed by atoms with Gasteiger partial charge in [-0.15, -0.1) is 0 Å². The van der Waals surface area contributed by atoms with Crippen molar-refractivity contribution in [2.75, 3.05) is 26.8 Å². The van der Waals surface area contributed by atoms with Gasteiger partial charge in [0.15, 0.2) is 5.75 Å². The lowest BCUT2D eigenvalue weighted by Gasteiger charge is -2.27. The van der Waals surface area contributed by atoms with E-state index in [1.807, 2.05) is 54.3 Å². The number of nitrogens with zero attached hydrogens (tertiary/aromatic N) is 2. The van der Waals surface area contributed by atoms with Crippen LogP contribution >= 0.6 is 23.2 Å². The maximum Gasteiger partial charge on any atom is 0.227 e. The summed E-state index contributed by atoms with van der Waals surface area (Å²) in [6.45, 7) is 5.43. The maximum absolute atomic E-state index is 13.7. The van der Waals surface area contributed by atoms with Gasteiger partial charge in [0.05, 0.1) is 16.0 Å². The second-order valence-electron chi connectivity index (χ2n) is 10.9. The molecule has 0 saturated heterocycles. The lowest BCUT2D eigenvalue weighted by molar-refractivity contribution is -0.136. The Bertz CT molecular complexity index is 1350. The third-order valence-electron chi connectivity index (χ3n) is 7.35. The Kier molecular flexibility index (Phi) is 11.1. The number of benzene rings is 3. The molecular weight excluding hydrogens is 573 g/mol. The maximum atomic E-state index is 13.7. The van der Waals surface area contributed by atoms with E-state index in [1.54, 1.807) is 31.0 Å². The van der Waals surface area contributed by atoms with E-state index in [0.29, 0.717) is 54.3 Å². The van der Waals surface area contributed by atoms with E-state index in [4.69, 9.17) is 38.4 Å². The summed E-state index contributed by atoms with van der Waals surface area (Å²) >= 11 is 12.5. The molecule has 2 N–H and O–H groups in total. The number of carbonyl (C=O) groups is 2. The number of carbonyl (C=O) groups excluding carboxylic acids is 2. The van der Waals surface area contributed by atoms with Crippen LogP contribution in [-0.4, -0.2) is 54.5 Å². The van der Waals surface area contributed by atoms with Gasteiger partial charge in [0.2, 0.25) is 11.8 Å². The Balaban J connectivity index is 1.31. The SMILES string of the molecule is CC(=O)N(C)Cc1cccc(CN(C(=O)C(CN)Cc2ccc(OCCOc3c(Cl)cc(C)cc3Cl)cc2)C2CC2)c1. The van der Waals surface area contributed by atoms with E-state index in [0.717, 1.165) is 35.1 Å². The van der Waals surface area contributed by atoms with Gasteiger partial charge in [-0.2, -0.15) is 0 Å². The molecule has 7 nitrogen and oxygen atoms in total. The number of rotatable bonds is 14. The fourth-order valence-corrected chi connectivity index (χ4v) is 5.53. The molecule has 2 amide bonds. The van der Waals surface area contributed by atoms with Crippen molar-refractivity contribution < 1.29 is 19.1 Å². The van der Waals surface area contributed by atoms with Crippen LogP contribution < -0.4 is 15.2 Å². The van der Waals surface area contributed by atoms with Crippen molar-refractivity contribution in [3.63, 3.8) is 0 Å². The molecule has 3 aromatic carbocycles. The third-order valence-corrected chi connectivity index (χ3v) is 7.91. The Morgan fingerprint density at radius 2 is 1.55 bits per heavy atom. The third kappa shape index (κ3) is 8.87. The van der Waals surface area contributed by atoms with Gasteiger partial charge >= 0.3 is 0 Å². The minimum atomic E-state index is -0.318. The Labute approximate surface area is 258 Å². The van der Waals surface area contributed by atoms with Crippen LogP contribution in [0.2, 0.25) is 10.0 Å². The summed E-state index contributed by atoms with van der Waals surface area (Å²) in [5.74, 6) is 0.935. The zero-order chi connectivity index (χ0) is 30.2. The number of nitrogens with two attached hydrogens (primary N) is 1. The van der Waals surface area contributed by atoms with Crippen molar-refractivity contribution in [1.82, 2.24) is 9.80 Å². The van der Waals surface area contributed by atoms with E-state index >= 15 is 0 Å². The zero-order valence-corrected chi connectivity index (χ0v) is 26.0. The van der Waals surface area contributed by atoms with E-state index in [2.05, 4.69) is 6.07 Å². The average Bonchev–Trinajstić information content (AvgIpc) is 3.80. The van der Waals surface area contributed by atoms with Crippen LogP contribution in [0.1, 0.15) is 42.0 Å². The van der Waals surface area contributed by atoms with Gasteiger partial charge in [-0.1, -0.05) is 59.6 Å². The minimum Gasteiger partial charge on any atom is -0.490 e. The highest BCUT2D eigenvalue weighted by Crippen LogP contribution is 2.34. The molecule has 3 aromatic rings. The van der Waals surface area contributed by atoms with Gasteiger partial charge in [0.1, 0.15) is 19.0 Å². The predicted octanol–water partition coefficient (Wildman–Crippen LogP) is 6.05. The first-order valence-corrected chi connectivity index (χ1v) is 15.0. The number of halogens is 2. The van der Waals surface area contributed by atoms with Gasteiger partial charge in [0.25, 0.3) is 0 Å². The van der Waals surface area contributed by atoms with Crippen LogP contribution in [0.3, 0.4) is 0 Å². The Morgan fingerprint density at radius 3 is 2.14 bits per heavy atom. The number of aryl methyl sites for hydroxylation is 1. The summed E-state index contributed by atoms with van der Waals surface area (Å²) in [6, 6.07) is 19.7. The van der Waals surface area contributed by atoms with Crippen molar-refractivity contribution in [2.24, 2.45) is 11.7 Å². The smallest absolute Gasteiger partial charge is 0.227 e. The molecule has 42 heavy (non-hydrogen) atoms. The molecule has 224 valence electrons. The molecule has 1 aliphatic carbocycles. The molecule has 0 aromatic heterocycles. The monoisotopic (exact) mass is 611 g/mol. The van der Waals surface area contributed by atoms with Crippen LogP contribution in [0.4, 0.5) is 0 Å². The van der Waals surface area contributed by atoms with Crippen LogP contribution in [0, 0.1) is 12.8 Å². The van der Waals surface area contributed by atoms with Crippen molar-refractivity contribution in [2.45, 2.75) is 52.2 Å². The summed E-state index contributed by atoms with van der Waals surface area (Å²) in [7, 11) is 1.79. The minimum absolute atomic E-state index is 0.0171. The summed E-state index contributed by atoms with van der Waals surface area (Å²) in [6.07, 6.45) is 2.57. The van der Waals surface area contributed by atoms with E-state index in [1.165, 1.54) is 0 Å². The van der Waals surface area contributed by atoms with E-state index < -0.39 is 0 Å². The van der Waals surface area contributed by atoms with Gasteiger partial charge in [-0.3, -0.25) is 9.59 Å². The van der Waals surface area contributed by atoms with Crippen LogP contribution in [-0.2, 0) is 29.1 Å². The quantitative estimate of drug-likeness (QED) is 0.224. The number of amides is 2. The standard InChI is InChI=1S/C33H39Cl2N3O4/c1-22-15-30(34)32(31(35)16-22)42-14-13-41-29-11-7-24(8-12-29)18-27(19-36)33(40)38(28-9-10-28)21-26-6-4-5-25(17-26)20-37(3)23(2)39/h4-8,11-12,15-17,27-28H,9-10,13-14,18-21,36H2,1-3H3. The first kappa shape index (κ1) is 31.7. The number of hydrogen-bond acceptors (Lipinski definition) is 5. The molecule has 0 radical (unpaired) electrons. The van der Waals surface area contributed by atoms with Gasteiger partial charge in [-0.25, -0.2) is 0 Å². The summed E-state index contributed by atoms with van der Waals surface area (Å²) in [5, 5.41) is 0.944. The van der Waals surface area contributed by atoms with Crippen molar-refractivity contribution in [3.8, 4) is 11.5 Å². The van der Waals surface area contributed by atoms with Crippen molar-refractivity contribution >= 4 is 35.0 Å². The lowest BCUT2D eigenvalue weighted by atomic mass is 9.97. The Morgan fingerprint density at radius 1 is 0.929 bits per heavy atom. The fraction of sp³-hybridized carbons (Fsp3) is 0.394.